The van der Waals surface area contributed by atoms with Crippen LogP contribution in [-0.4, -0.2) is 36.4 Å². The van der Waals surface area contributed by atoms with Gasteiger partial charge < -0.3 is 18.7 Å². The molecule has 3 aromatic rings. The van der Waals surface area contributed by atoms with Crippen LogP contribution < -0.4 is 11.3 Å². The topological polar surface area (TPSA) is 132 Å². The zero-order valence-electron chi connectivity index (χ0n) is 15.7. The number of fused-ring (bicyclic) bond motifs is 1. The average Bonchev–Trinajstić information content (AvgIpc) is 3.34. The van der Waals surface area contributed by atoms with Gasteiger partial charge in [-0.15, -0.1) is 6.42 Å². The van der Waals surface area contributed by atoms with E-state index in [9.17, 15) is 14.3 Å². The van der Waals surface area contributed by atoms with Gasteiger partial charge in [-0.25, -0.2) is 9.78 Å². The standard InChI is InChI=1S/C18H18FN5O5/c1-4-18(7-25)9(2)5-12(29-18)24-8-21-13-14(20)23(16(19)22-15(13)24)6-11-10(3)27-17(26)28-11/h1,8-9,12,20,25H,5-7H2,2-3H3/t9-,12+,18+/m0/s1. The van der Waals surface area contributed by atoms with Gasteiger partial charge in [-0.3, -0.25) is 14.5 Å². The maximum atomic E-state index is 14.7. The Morgan fingerprint density at radius 1 is 1.52 bits per heavy atom. The van der Waals surface area contributed by atoms with Crippen molar-refractivity contribution in [1.29, 1.82) is 5.41 Å². The molecular formula is C18H18FN5O5. The van der Waals surface area contributed by atoms with E-state index in [0.717, 1.165) is 4.57 Å². The number of imidazole rings is 1. The Morgan fingerprint density at radius 2 is 2.28 bits per heavy atom. The summed E-state index contributed by atoms with van der Waals surface area (Å²) in [6, 6.07) is 0. The highest BCUT2D eigenvalue weighted by Gasteiger charge is 2.46. The van der Waals surface area contributed by atoms with Gasteiger partial charge in [-0.2, -0.15) is 9.37 Å². The number of nitrogens with zero attached hydrogens (tertiary/aromatic N) is 4. The maximum absolute atomic E-state index is 14.7. The molecule has 0 aliphatic carbocycles. The summed E-state index contributed by atoms with van der Waals surface area (Å²) in [6.07, 6.45) is 5.81. The van der Waals surface area contributed by atoms with E-state index < -0.39 is 23.7 Å². The van der Waals surface area contributed by atoms with Crippen molar-refractivity contribution in [3.05, 3.63) is 40.0 Å². The van der Waals surface area contributed by atoms with Crippen LogP contribution in [0.15, 0.2) is 20.0 Å². The van der Waals surface area contributed by atoms with Crippen LogP contribution in [0.1, 0.15) is 31.1 Å². The quantitative estimate of drug-likeness (QED) is 0.483. The molecule has 0 bridgehead atoms. The molecule has 1 aliphatic rings. The average molecular weight is 403 g/mol. The molecule has 2 N–H and O–H groups in total. The molecule has 4 rings (SSSR count). The van der Waals surface area contributed by atoms with Crippen LogP contribution in [-0.2, 0) is 11.3 Å². The van der Waals surface area contributed by atoms with Crippen LogP contribution in [0.25, 0.3) is 11.2 Å². The highest BCUT2D eigenvalue weighted by molar-refractivity contribution is 5.68. The van der Waals surface area contributed by atoms with Gasteiger partial charge in [-0.05, 0) is 13.3 Å². The SMILES string of the molecule is C#C[C@]1(CO)O[C@@H](n2cnc3c(=N)n(Cc4oc(=O)oc4C)c(F)nc32)C[C@@H]1C. The fraction of sp³-hybridized carbons (Fsp3) is 0.444. The summed E-state index contributed by atoms with van der Waals surface area (Å²) in [6.45, 7) is 2.75. The summed E-state index contributed by atoms with van der Waals surface area (Å²) in [5.74, 6) is 1.71. The summed E-state index contributed by atoms with van der Waals surface area (Å²) in [4.78, 5) is 19.3. The van der Waals surface area contributed by atoms with Crippen molar-refractivity contribution in [3.8, 4) is 12.3 Å². The number of hydrogen-bond acceptors (Lipinski definition) is 8. The van der Waals surface area contributed by atoms with Crippen LogP contribution >= 0.6 is 0 Å². The largest absolute Gasteiger partial charge is 0.519 e. The highest BCUT2D eigenvalue weighted by atomic mass is 19.1. The minimum absolute atomic E-state index is 0.0858. The molecule has 11 heteroatoms. The number of rotatable bonds is 4. The van der Waals surface area contributed by atoms with E-state index in [-0.39, 0.29) is 47.2 Å². The fourth-order valence-corrected chi connectivity index (χ4v) is 3.50. The van der Waals surface area contributed by atoms with Crippen molar-refractivity contribution in [2.75, 3.05) is 6.61 Å². The summed E-state index contributed by atoms with van der Waals surface area (Å²) in [7, 11) is 0. The second-order valence-corrected chi connectivity index (χ2v) is 6.97. The van der Waals surface area contributed by atoms with E-state index in [4.69, 9.17) is 25.4 Å². The number of terminal acetylenes is 1. The lowest BCUT2D eigenvalue weighted by Gasteiger charge is -2.24. The molecule has 0 unspecified atom stereocenters. The Bertz CT molecular complexity index is 1250. The molecule has 3 aromatic heterocycles. The molecule has 4 heterocycles. The molecule has 1 aliphatic heterocycles. The normalized spacial score (nSPS) is 24.2. The van der Waals surface area contributed by atoms with Crippen molar-refractivity contribution in [2.24, 2.45) is 5.92 Å². The molecule has 0 spiro atoms. The van der Waals surface area contributed by atoms with Gasteiger partial charge in [0.15, 0.2) is 28.0 Å². The molecule has 3 atom stereocenters. The summed E-state index contributed by atoms with van der Waals surface area (Å²) in [5, 5.41) is 18.0. The summed E-state index contributed by atoms with van der Waals surface area (Å²) >= 11 is 0. The molecule has 0 radical (unpaired) electrons. The second-order valence-electron chi connectivity index (χ2n) is 6.97. The van der Waals surface area contributed by atoms with E-state index >= 15 is 0 Å². The number of aliphatic hydroxyl groups excluding tert-OH is 1. The van der Waals surface area contributed by atoms with Gasteiger partial charge in [0.2, 0.25) is 0 Å². The van der Waals surface area contributed by atoms with Crippen LogP contribution in [0.3, 0.4) is 0 Å². The Morgan fingerprint density at radius 3 is 2.86 bits per heavy atom. The van der Waals surface area contributed by atoms with Gasteiger partial charge in [0.1, 0.15) is 12.0 Å². The van der Waals surface area contributed by atoms with E-state index in [1.165, 1.54) is 17.8 Å². The first-order valence-corrected chi connectivity index (χ1v) is 8.83. The molecule has 29 heavy (non-hydrogen) atoms. The third-order valence-corrected chi connectivity index (χ3v) is 5.31. The third-order valence-electron chi connectivity index (χ3n) is 5.31. The Labute approximate surface area is 163 Å². The van der Waals surface area contributed by atoms with Crippen LogP contribution in [0.4, 0.5) is 4.39 Å². The smallest absolute Gasteiger partial charge is 0.396 e. The summed E-state index contributed by atoms with van der Waals surface area (Å²) in [5.41, 5.74) is -1.16. The van der Waals surface area contributed by atoms with Gasteiger partial charge in [0.25, 0.3) is 6.08 Å². The molecular weight excluding hydrogens is 385 g/mol. The number of hydrogen-bond donors (Lipinski definition) is 2. The third kappa shape index (κ3) is 2.88. The van der Waals surface area contributed by atoms with E-state index in [1.54, 1.807) is 0 Å². The zero-order chi connectivity index (χ0) is 20.9. The lowest BCUT2D eigenvalue weighted by Crippen LogP contribution is -2.36. The van der Waals surface area contributed by atoms with Crippen molar-refractivity contribution in [1.82, 2.24) is 19.1 Å². The minimum Gasteiger partial charge on any atom is -0.396 e. The summed E-state index contributed by atoms with van der Waals surface area (Å²) < 4.78 is 32.7. The van der Waals surface area contributed by atoms with Gasteiger partial charge in [0.05, 0.1) is 19.5 Å². The zero-order valence-corrected chi connectivity index (χ0v) is 15.7. The first kappa shape index (κ1) is 19.1. The van der Waals surface area contributed by atoms with E-state index in [2.05, 4.69) is 15.9 Å². The lowest BCUT2D eigenvalue weighted by atomic mass is 9.90. The van der Waals surface area contributed by atoms with E-state index in [1.807, 2.05) is 6.92 Å². The Hall–Kier alpha value is -3.23. The predicted molar refractivity (Wildman–Crippen MR) is 95.0 cm³/mol. The van der Waals surface area contributed by atoms with Crippen molar-refractivity contribution < 1.29 is 23.1 Å². The molecule has 0 saturated carbocycles. The van der Waals surface area contributed by atoms with Crippen LogP contribution in [0.5, 0.6) is 0 Å². The first-order valence-electron chi connectivity index (χ1n) is 8.83. The number of aliphatic hydroxyl groups is 1. The van der Waals surface area contributed by atoms with Crippen LogP contribution in [0, 0.1) is 36.7 Å². The molecule has 0 amide bonds. The predicted octanol–water partition coefficient (Wildman–Crippen LogP) is 0.674. The number of aromatic nitrogens is 4. The number of halogens is 1. The highest BCUT2D eigenvalue weighted by Crippen LogP contribution is 2.41. The number of nitrogens with one attached hydrogen (secondary N) is 1. The first-order chi connectivity index (χ1) is 13.8. The van der Waals surface area contributed by atoms with Crippen molar-refractivity contribution in [3.63, 3.8) is 0 Å². The fourth-order valence-electron chi connectivity index (χ4n) is 3.50. The maximum Gasteiger partial charge on any atom is 0.519 e. The number of aryl methyl sites for hydroxylation is 1. The van der Waals surface area contributed by atoms with Crippen molar-refractivity contribution in [2.45, 2.75) is 38.6 Å². The Kier molecular flexibility index (Phi) is 4.40. The van der Waals surface area contributed by atoms with Gasteiger partial charge in [-0.1, -0.05) is 12.8 Å². The van der Waals surface area contributed by atoms with Gasteiger partial charge in [0, 0.05) is 5.92 Å². The monoisotopic (exact) mass is 403 g/mol. The second kappa shape index (κ2) is 6.68. The molecule has 1 fully saturated rings. The molecule has 1 saturated heterocycles. The molecule has 0 aromatic carbocycles. The van der Waals surface area contributed by atoms with Crippen molar-refractivity contribution >= 4 is 11.2 Å². The van der Waals surface area contributed by atoms with E-state index in [0.29, 0.717) is 6.42 Å². The molecule has 152 valence electrons. The lowest BCUT2D eigenvalue weighted by molar-refractivity contribution is -0.0717. The minimum atomic E-state index is -1.14. The van der Waals surface area contributed by atoms with Gasteiger partial charge >= 0.3 is 5.82 Å². The number of ether oxygens (including phenoxy) is 1. The van der Waals surface area contributed by atoms with Crippen LogP contribution in [0.2, 0.25) is 0 Å². The Balaban J connectivity index is 1.76. The molecule has 10 nitrogen and oxygen atoms in total.